The first-order valence-corrected chi connectivity index (χ1v) is 6.84. The Morgan fingerprint density at radius 3 is 2.82 bits per heavy atom. The van der Waals surface area contributed by atoms with Gasteiger partial charge in [0.1, 0.15) is 0 Å². The topological polar surface area (TPSA) is 44.0 Å². The lowest BCUT2D eigenvalue weighted by Gasteiger charge is -2.10. The summed E-state index contributed by atoms with van der Waals surface area (Å²) in [6.45, 7) is 1.74. The first-order chi connectivity index (χ1) is 8.20. The molecule has 0 radical (unpaired) electrons. The van der Waals surface area contributed by atoms with E-state index in [1.807, 2.05) is 29.6 Å². The minimum atomic E-state index is -0.523. The van der Waals surface area contributed by atoms with Gasteiger partial charge < -0.3 is 5.11 Å². The molecule has 0 bridgehead atoms. The molecule has 0 saturated heterocycles. The molecule has 17 heavy (non-hydrogen) atoms. The highest BCUT2D eigenvalue weighted by atomic mass is 32.2. The highest BCUT2D eigenvalue weighted by Crippen LogP contribution is 2.36. The number of rotatable bonds is 3. The van der Waals surface area contributed by atoms with Gasteiger partial charge in [-0.05, 0) is 36.1 Å². The van der Waals surface area contributed by atoms with Crippen LogP contribution in [-0.2, 0) is 0 Å². The van der Waals surface area contributed by atoms with Gasteiger partial charge in [0.2, 0.25) is 0 Å². The molecule has 2 aromatic rings. The normalized spacial score (nSPS) is 12.1. The predicted molar refractivity (Wildman–Crippen MR) is 70.2 cm³/mol. The second-order valence-corrected chi connectivity index (χ2v) is 5.86. The second-order valence-electron chi connectivity index (χ2n) is 3.57. The first-order valence-electron chi connectivity index (χ1n) is 5.14. The van der Waals surface area contributed by atoms with Crippen LogP contribution in [0.3, 0.4) is 0 Å². The number of nitrogens with zero attached hydrogens (tertiary/aromatic N) is 1. The molecule has 4 heteroatoms. The lowest BCUT2D eigenvalue weighted by atomic mass is 10.1. The summed E-state index contributed by atoms with van der Waals surface area (Å²) in [6.07, 6.45) is -0.523. The monoisotopic (exact) mass is 261 g/mol. The minimum Gasteiger partial charge on any atom is -0.389 e. The van der Waals surface area contributed by atoms with Crippen molar-refractivity contribution in [3.63, 3.8) is 0 Å². The van der Waals surface area contributed by atoms with Gasteiger partial charge in [-0.15, -0.1) is 11.3 Å². The molecule has 0 aliphatic heterocycles. The average molecular weight is 261 g/mol. The molecule has 0 aliphatic rings. The van der Waals surface area contributed by atoms with Gasteiger partial charge in [0.05, 0.1) is 21.9 Å². The molecule has 1 N–H and O–H groups in total. The fourth-order valence-electron chi connectivity index (χ4n) is 1.47. The van der Waals surface area contributed by atoms with E-state index in [4.69, 9.17) is 5.26 Å². The van der Waals surface area contributed by atoms with E-state index < -0.39 is 6.10 Å². The predicted octanol–water partition coefficient (Wildman–Crippen LogP) is 3.82. The maximum Gasteiger partial charge on any atom is 0.0992 e. The van der Waals surface area contributed by atoms with Gasteiger partial charge in [-0.1, -0.05) is 23.9 Å². The van der Waals surface area contributed by atoms with E-state index in [1.165, 1.54) is 0 Å². The maximum absolute atomic E-state index is 9.70. The molecule has 1 aromatic carbocycles. The molecule has 2 rings (SSSR count). The zero-order chi connectivity index (χ0) is 12.3. The van der Waals surface area contributed by atoms with Crippen LogP contribution in [0.5, 0.6) is 0 Å². The van der Waals surface area contributed by atoms with Crippen molar-refractivity contribution in [3.05, 3.63) is 46.8 Å². The van der Waals surface area contributed by atoms with Crippen LogP contribution in [0.2, 0.25) is 0 Å². The summed E-state index contributed by atoms with van der Waals surface area (Å²) < 4.78 is 1.15. The van der Waals surface area contributed by atoms with E-state index >= 15 is 0 Å². The SMILES string of the molecule is CC(O)c1ccc(C#N)cc1Sc1cccs1. The Kier molecular flexibility index (Phi) is 3.85. The minimum absolute atomic E-state index is 0.523. The summed E-state index contributed by atoms with van der Waals surface area (Å²) in [6, 6.07) is 11.5. The molecular formula is C13H11NOS2. The lowest BCUT2D eigenvalue weighted by molar-refractivity contribution is 0.196. The molecule has 1 unspecified atom stereocenters. The molecule has 1 heterocycles. The molecular weight excluding hydrogens is 250 g/mol. The summed E-state index contributed by atoms with van der Waals surface area (Å²) in [5.74, 6) is 0. The van der Waals surface area contributed by atoms with Gasteiger partial charge in [0.15, 0.2) is 0 Å². The van der Waals surface area contributed by atoms with Crippen LogP contribution in [0.4, 0.5) is 0 Å². The highest BCUT2D eigenvalue weighted by molar-refractivity contribution is 8.01. The largest absolute Gasteiger partial charge is 0.389 e. The van der Waals surface area contributed by atoms with Crippen molar-refractivity contribution < 1.29 is 5.11 Å². The number of thiophene rings is 1. The molecule has 2 nitrogen and oxygen atoms in total. The van der Waals surface area contributed by atoms with Crippen molar-refractivity contribution in [1.29, 1.82) is 5.26 Å². The van der Waals surface area contributed by atoms with Crippen LogP contribution in [0.1, 0.15) is 24.2 Å². The Hall–Kier alpha value is -1.28. The van der Waals surface area contributed by atoms with Crippen molar-refractivity contribution in [3.8, 4) is 6.07 Å². The van der Waals surface area contributed by atoms with Crippen LogP contribution in [0.25, 0.3) is 0 Å². The van der Waals surface area contributed by atoms with Gasteiger partial charge in [0.25, 0.3) is 0 Å². The van der Waals surface area contributed by atoms with Gasteiger partial charge in [-0.25, -0.2) is 0 Å². The molecule has 0 saturated carbocycles. The van der Waals surface area contributed by atoms with Crippen molar-refractivity contribution in [2.75, 3.05) is 0 Å². The number of hydrogen-bond acceptors (Lipinski definition) is 4. The van der Waals surface area contributed by atoms with Crippen molar-refractivity contribution in [2.24, 2.45) is 0 Å². The highest BCUT2D eigenvalue weighted by Gasteiger charge is 2.10. The zero-order valence-electron chi connectivity index (χ0n) is 9.25. The van der Waals surface area contributed by atoms with Gasteiger partial charge in [-0.2, -0.15) is 5.26 Å². The van der Waals surface area contributed by atoms with Crippen molar-refractivity contribution in [1.82, 2.24) is 0 Å². The summed E-state index contributed by atoms with van der Waals surface area (Å²) in [7, 11) is 0. The van der Waals surface area contributed by atoms with Crippen molar-refractivity contribution >= 4 is 23.1 Å². The average Bonchev–Trinajstić information content (AvgIpc) is 2.81. The molecule has 0 amide bonds. The van der Waals surface area contributed by atoms with Crippen LogP contribution < -0.4 is 0 Å². The van der Waals surface area contributed by atoms with Gasteiger partial charge in [0, 0.05) is 4.90 Å². The Labute approximate surface area is 109 Å². The van der Waals surface area contributed by atoms with Crippen LogP contribution in [0.15, 0.2) is 44.8 Å². The molecule has 0 fully saturated rings. The third kappa shape index (κ3) is 2.89. The van der Waals surface area contributed by atoms with Crippen molar-refractivity contribution in [2.45, 2.75) is 22.1 Å². The van der Waals surface area contributed by atoms with Crippen LogP contribution in [-0.4, -0.2) is 5.11 Å². The zero-order valence-corrected chi connectivity index (χ0v) is 10.9. The number of hydrogen-bond donors (Lipinski definition) is 1. The number of aliphatic hydroxyl groups excluding tert-OH is 1. The van der Waals surface area contributed by atoms with Gasteiger partial charge >= 0.3 is 0 Å². The van der Waals surface area contributed by atoms with E-state index in [9.17, 15) is 5.11 Å². The summed E-state index contributed by atoms with van der Waals surface area (Å²) in [5, 5.41) is 20.6. The maximum atomic E-state index is 9.70. The summed E-state index contributed by atoms with van der Waals surface area (Å²) in [5.41, 5.74) is 1.48. The smallest absolute Gasteiger partial charge is 0.0992 e. The number of benzene rings is 1. The van der Waals surface area contributed by atoms with Crippen LogP contribution in [0, 0.1) is 11.3 Å². The fourth-order valence-corrected chi connectivity index (χ4v) is 3.45. The molecule has 86 valence electrons. The van der Waals surface area contributed by atoms with Gasteiger partial charge in [-0.3, -0.25) is 0 Å². The van der Waals surface area contributed by atoms with E-state index in [0.717, 1.165) is 14.7 Å². The second kappa shape index (κ2) is 5.37. The van der Waals surface area contributed by atoms with Crippen LogP contribution >= 0.6 is 23.1 Å². The van der Waals surface area contributed by atoms with E-state index in [-0.39, 0.29) is 0 Å². The quantitative estimate of drug-likeness (QED) is 0.913. The van der Waals surface area contributed by atoms with E-state index in [1.54, 1.807) is 36.1 Å². The van der Waals surface area contributed by atoms with E-state index in [0.29, 0.717) is 5.56 Å². The fraction of sp³-hybridized carbons (Fsp3) is 0.154. The Morgan fingerprint density at radius 1 is 1.41 bits per heavy atom. The first kappa shape index (κ1) is 12.2. The Bertz CT molecular complexity index is 541. The Morgan fingerprint density at radius 2 is 2.24 bits per heavy atom. The Balaban J connectivity index is 2.39. The summed E-state index contributed by atoms with van der Waals surface area (Å²) >= 11 is 3.24. The third-order valence-electron chi connectivity index (χ3n) is 2.30. The third-order valence-corrected chi connectivity index (χ3v) is 4.41. The molecule has 0 spiro atoms. The number of aliphatic hydroxyl groups is 1. The molecule has 1 atom stereocenters. The molecule has 1 aromatic heterocycles. The number of nitriles is 1. The van der Waals surface area contributed by atoms with E-state index in [2.05, 4.69) is 6.07 Å². The summed E-state index contributed by atoms with van der Waals surface area (Å²) in [4.78, 5) is 0.946. The standard InChI is InChI=1S/C13H11NOS2/c1-9(15)11-5-4-10(8-14)7-12(11)17-13-3-2-6-16-13/h2-7,9,15H,1H3. The molecule has 0 aliphatic carbocycles. The lowest BCUT2D eigenvalue weighted by Crippen LogP contribution is -1.94.